The zero-order chi connectivity index (χ0) is 13.0. The van der Waals surface area contributed by atoms with Gasteiger partial charge in [0.25, 0.3) is 0 Å². The first kappa shape index (κ1) is 13.6. The first-order valence-electron chi connectivity index (χ1n) is 6.94. The second-order valence-corrected chi connectivity index (χ2v) is 5.23. The molecule has 102 valence electrons. The fourth-order valence-corrected chi connectivity index (χ4v) is 2.69. The van der Waals surface area contributed by atoms with Crippen LogP contribution in [0.25, 0.3) is 0 Å². The average Bonchev–Trinajstić information content (AvgIpc) is 2.80. The van der Waals surface area contributed by atoms with Crippen molar-refractivity contribution in [3.05, 3.63) is 24.2 Å². The lowest BCUT2D eigenvalue weighted by Gasteiger charge is -2.33. The molecular formula is C14H25N3O. The molecule has 2 rings (SSSR count). The fourth-order valence-electron chi connectivity index (χ4n) is 2.69. The summed E-state index contributed by atoms with van der Waals surface area (Å²) in [5, 5.41) is 0. The molecule has 1 aromatic rings. The molecule has 18 heavy (non-hydrogen) atoms. The normalized spacial score (nSPS) is 22.6. The molecule has 2 heterocycles. The molecule has 0 amide bonds. The lowest BCUT2D eigenvalue weighted by Crippen LogP contribution is -2.42. The van der Waals surface area contributed by atoms with Gasteiger partial charge in [-0.25, -0.2) is 0 Å². The van der Waals surface area contributed by atoms with E-state index in [9.17, 15) is 0 Å². The van der Waals surface area contributed by atoms with Crippen LogP contribution in [-0.2, 0) is 0 Å². The Labute approximate surface area is 110 Å². The maximum absolute atomic E-state index is 6.31. The number of furan rings is 1. The van der Waals surface area contributed by atoms with Gasteiger partial charge in [-0.3, -0.25) is 4.90 Å². The molecular weight excluding hydrogens is 226 g/mol. The monoisotopic (exact) mass is 251 g/mol. The van der Waals surface area contributed by atoms with E-state index in [1.54, 1.807) is 6.26 Å². The third kappa shape index (κ3) is 3.13. The second-order valence-electron chi connectivity index (χ2n) is 5.23. The van der Waals surface area contributed by atoms with Crippen molar-refractivity contribution < 1.29 is 4.42 Å². The summed E-state index contributed by atoms with van der Waals surface area (Å²) in [6, 6.07) is 4.36. The molecule has 4 heteroatoms. The predicted molar refractivity (Wildman–Crippen MR) is 73.4 cm³/mol. The Balaban J connectivity index is 2.13. The van der Waals surface area contributed by atoms with Gasteiger partial charge in [0.15, 0.2) is 0 Å². The molecule has 0 radical (unpaired) electrons. The lowest BCUT2D eigenvalue weighted by atomic mass is 10.0. The third-order valence-electron chi connectivity index (χ3n) is 3.86. The van der Waals surface area contributed by atoms with Gasteiger partial charge in [-0.2, -0.15) is 0 Å². The molecule has 2 unspecified atom stereocenters. The number of nitrogens with zero attached hydrogens (tertiary/aromatic N) is 2. The van der Waals surface area contributed by atoms with Crippen LogP contribution in [0.5, 0.6) is 0 Å². The molecule has 2 N–H and O–H groups in total. The smallest absolute Gasteiger partial charge is 0.122 e. The summed E-state index contributed by atoms with van der Waals surface area (Å²) in [5.74, 6) is 1.01. The number of nitrogens with two attached hydrogens (primary N) is 1. The van der Waals surface area contributed by atoms with Gasteiger partial charge in [0.1, 0.15) is 5.76 Å². The minimum absolute atomic E-state index is 0.138. The Hall–Kier alpha value is -0.840. The zero-order valence-corrected chi connectivity index (χ0v) is 11.5. The van der Waals surface area contributed by atoms with Gasteiger partial charge in [-0.15, -0.1) is 0 Å². The van der Waals surface area contributed by atoms with Crippen LogP contribution in [0.4, 0.5) is 0 Å². The topological polar surface area (TPSA) is 45.6 Å². The van der Waals surface area contributed by atoms with Crippen molar-refractivity contribution >= 4 is 0 Å². The highest BCUT2D eigenvalue weighted by Crippen LogP contribution is 2.26. The van der Waals surface area contributed by atoms with Crippen molar-refractivity contribution in [3.8, 4) is 0 Å². The van der Waals surface area contributed by atoms with Gasteiger partial charge in [-0.05, 0) is 38.6 Å². The van der Waals surface area contributed by atoms with E-state index < -0.39 is 0 Å². The van der Waals surface area contributed by atoms with Crippen LogP contribution >= 0.6 is 0 Å². The standard InChI is InChI=1S/C14H25N3O/c1-3-12(15)14(13-6-4-11-18-13)17-8-5-7-16(2)9-10-17/h4,6,11-12,14H,3,5,7-10,15H2,1-2H3. The van der Waals surface area contributed by atoms with Gasteiger partial charge in [0.2, 0.25) is 0 Å². The molecule has 1 aromatic heterocycles. The quantitative estimate of drug-likeness (QED) is 0.884. The molecule has 0 aromatic carbocycles. The maximum atomic E-state index is 6.31. The number of hydrogen-bond acceptors (Lipinski definition) is 4. The minimum atomic E-state index is 0.138. The highest BCUT2D eigenvalue weighted by Gasteiger charge is 2.28. The summed E-state index contributed by atoms with van der Waals surface area (Å²) >= 11 is 0. The largest absolute Gasteiger partial charge is 0.468 e. The van der Waals surface area contributed by atoms with Crippen LogP contribution in [0, 0.1) is 0 Å². The SMILES string of the molecule is CCC(N)C(c1ccco1)N1CCCN(C)CC1. The van der Waals surface area contributed by atoms with Gasteiger partial charge in [-0.1, -0.05) is 6.92 Å². The Bertz CT molecular complexity index is 339. The van der Waals surface area contributed by atoms with Crippen molar-refractivity contribution in [2.75, 3.05) is 33.2 Å². The Morgan fingerprint density at radius 3 is 2.83 bits per heavy atom. The van der Waals surface area contributed by atoms with Gasteiger partial charge in [0, 0.05) is 25.7 Å². The molecule has 0 saturated carbocycles. The van der Waals surface area contributed by atoms with E-state index in [1.807, 2.05) is 6.07 Å². The van der Waals surface area contributed by atoms with Crippen LogP contribution in [0.1, 0.15) is 31.6 Å². The number of rotatable bonds is 4. The van der Waals surface area contributed by atoms with E-state index in [4.69, 9.17) is 10.2 Å². The van der Waals surface area contributed by atoms with Gasteiger partial charge >= 0.3 is 0 Å². The van der Waals surface area contributed by atoms with Crippen molar-refractivity contribution in [3.63, 3.8) is 0 Å². The second kappa shape index (κ2) is 6.36. The fraction of sp³-hybridized carbons (Fsp3) is 0.714. The lowest BCUT2D eigenvalue weighted by molar-refractivity contribution is 0.153. The first-order chi connectivity index (χ1) is 8.72. The summed E-state index contributed by atoms with van der Waals surface area (Å²) in [6.45, 7) is 6.58. The zero-order valence-electron chi connectivity index (χ0n) is 11.5. The highest BCUT2D eigenvalue weighted by molar-refractivity contribution is 5.08. The van der Waals surface area contributed by atoms with E-state index >= 15 is 0 Å². The van der Waals surface area contributed by atoms with Crippen LogP contribution in [0.3, 0.4) is 0 Å². The van der Waals surface area contributed by atoms with Crippen molar-refractivity contribution in [1.29, 1.82) is 0 Å². The third-order valence-corrected chi connectivity index (χ3v) is 3.86. The van der Waals surface area contributed by atoms with Crippen molar-refractivity contribution in [2.24, 2.45) is 5.73 Å². The molecule has 2 atom stereocenters. The molecule has 1 saturated heterocycles. The summed E-state index contributed by atoms with van der Waals surface area (Å²) < 4.78 is 5.60. The molecule has 1 fully saturated rings. The van der Waals surface area contributed by atoms with E-state index in [0.29, 0.717) is 0 Å². The van der Waals surface area contributed by atoms with Crippen molar-refractivity contribution in [2.45, 2.75) is 31.8 Å². The molecule has 0 aliphatic carbocycles. The maximum Gasteiger partial charge on any atom is 0.122 e. The first-order valence-corrected chi connectivity index (χ1v) is 6.94. The Morgan fingerprint density at radius 2 is 2.17 bits per heavy atom. The van der Waals surface area contributed by atoms with Crippen LogP contribution < -0.4 is 5.73 Å². The molecule has 4 nitrogen and oxygen atoms in total. The average molecular weight is 251 g/mol. The van der Waals surface area contributed by atoms with Crippen LogP contribution in [-0.4, -0.2) is 49.1 Å². The Kier molecular flexibility index (Phi) is 4.80. The van der Waals surface area contributed by atoms with Crippen molar-refractivity contribution in [1.82, 2.24) is 9.80 Å². The summed E-state index contributed by atoms with van der Waals surface area (Å²) in [7, 11) is 2.19. The minimum Gasteiger partial charge on any atom is -0.468 e. The molecule has 1 aliphatic rings. The van der Waals surface area contributed by atoms with Gasteiger partial charge < -0.3 is 15.1 Å². The van der Waals surface area contributed by atoms with E-state index in [0.717, 1.165) is 31.8 Å². The summed E-state index contributed by atoms with van der Waals surface area (Å²) in [6.07, 6.45) is 3.91. The van der Waals surface area contributed by atoms with E-state index in [-0.39, 0.29) is 12.1 Å². The van der Waals surface area contributed by atoms with Gasteiger partial charge in [0.05, 0.1) is 12.3 Å². The molecule has 1 aliphatic heterocycles. The summed E-state index contributed by atoms with van der Waals surface area (Å²) in [4.78, 5) is 4.87. The number of likely N-dealkylation sites (N-methyl/N-ethyl adjacent to an activating group) is 1. The van der Waals surface area contributed by atoms with Crippen LogP contribution in [0.2, 0.25) is 0 Å². The highest BCUT2D eigenvalue weighted by atomic mass is 16.3. The predicted octanol–water partition coefficient (Wildman–Crippen LogP) is 1.70. The van der Waals surface area contributed by atoms with Crippen LogP contribution in [0.15, 0.2) is 22.8 Å². The van der Waals surface area contributed by atoms with E-state index in [2.05, 4.69) is 29.8 Å². The Morgan fingerprint density at radius 1 is 1.33 bits per heavy atom. The summed E-state index contributed by atoms with van der Waals surface area (Å²) in [5.41, 5.74) is 6.31. The van der Waals surface area contributed by atoms with E-state index in [1.165, 1.54) is 13.0 Å². The molecule has 0 spiro atoms. The molecule has 0 bridgehead atoms. The number of hydrogen-bond donors (Lipinski definition) is 1.